The quantitative estimate of drug-likeness (QED) is 0.0672. The van der Waals surface area contributed by atoms with E-state index < -0.39 is 35.1 Å². The summed E-state index contributed by atoms with van der Waals surface area (Å²) in [7, 11) is 3.52. The lowest BCUT2D eigenvalue weighted by Crippen LogP contribution is -2.35. The zero-order valence-corrected chi connectivity index (χ0v) is 35.4. The van der Waals surface area contributed by atoms with Crippen LogP contribution < -0.4 is 44.2 Å². The van der Waals surface area contributed by atoms with E-state index in [-0.39, 0.29) is 66.7 Å². The Hall–Kier alpha value is -6.10. The van der Waals surface area contributed by atoms with E-state index in [9.17, 15) is 27.2 Å². The third kappa shape index (κ3) is 9.83. The van der Waals surface area contributed by atoms with Gasteiger partial charge >= 0.3 is 0 Å². The molecule has 2 saturated carbocycles. The molecule has 328 valence electrons. The van der Waals surface area contributed by atoms with Crippen LogP contribution in [0.25, 0.3) is 21.1 Å². The summed E-state index contributed by atoms with van der Waals surface area (Å²) >= 11 is 1.70. The molecule has 4 heterocycles. The highest BCUT2D eigenvalue weighted by atomic mass is 32.1. The van der Waals surface area contributed by atoms with Crippen LogP contribution in [0.4, 0.5) is 50.6 Å². The predicted octanol–water partition coefficient (Wildman–Crippen LogP) is 6.68. The molecule has 0 radical (unpaired) electrons. The highest BCUT2D eigenvalue weighted by Crippen LogP contribution is 2.36. The third-order valence-corrected chi connectivity index (χ3v) is 12.4. The molecule has 4 atom stereocenters. The molecule has 16 nitrogen and oxygen atoms in total. The van der Waals surface area contributed by atoms with E-state index >= 15 is 0 Å². The van der Waals surface area contributed by atoms with Crippen LogP contribution in [-0.4, -0.2) is 65.5 Å². The number of amides is 2. The van der Waals surface area contributed by atoms with Crippen molar-refractivity contribution in [2.24, 2.45) is 25.6 Å². The maximum absolute atomic E-state index is 14.1. The van der Waals surface area contributed by atoms with Gasteiger partial charge < -0.3 is 44.2 Å². The number of benzene rings is 2. The molecule has 2 amide bonds. The van der Waals surface area contributed by atoms with E-state index in [1.807, 2.05) is 0 Å². The molecule has 4 aromatic heterocycles. The maximum atomic E-state index is 14.1. The molecule has 12 N–H and O–H groups in total. The predicted molar refractivity (Wildman–Crippen MR) is 234 cm³/mol. The molecule has 0 spiro atoms. The van der Waals surface area contributed by atoms with Gasteiger partial charge in [0.05, 0.1) is 23.5 Å². The summed E-state index contributed by atoms with van der Waals surface area (Å²) in [4.78, 5) is 33.9. The Morgan fingerprint density at radius 1 is 0.645 bits per heavy atom. The number of nitrogen functional groups attached to an aromatic ring is 2. The van der Waals surface area contributed by atoms with Crippen LogP contribution in [0.1, 0.15) is 72.3 Å². The molecule has 0 saturated heterocycles. The van der Waals surface area contributed by atoms with Crippen LogP contribution in [0.3, 0.4) is 0 Å². The zero-order valence-electron chi connectivity index (χ0n) is 33.7. The van der Waals surface area contributed by atoms with Crippen molar-refractivity contribution in [3.63, 3.8) is 0 Å². The Labute approximate surface area is 361 Å². The SMILES string of the molecule is Cn1ncc(NC(=O)c2nc(-c3c(F)cccc3F)sc2N)c1N[C@@H]1CCC[C@@H](N)C1.Cn1ncc(NC(=O)c2nc(-c3c(F)cccc3F)sc2N)c1N[C@H]1CCC[C@H](N)C1. The van der Waals surface area contributed by atoms with Gasteiger partial charge in [0.15, 0.2) is 11.4 Å². The number of hydrogen-bond acceptors (Lipinski definition) is 14. The Kier molecular flexibility index (Phi) is 13.4. The number of halogens is 4. The molecule has 8 rings (SSSR count). The molecule has 2 aliphatic carbocycles. The summed E-state index contributed by atoms with van der Waals surface area (Å²) < 4.78 is 59.6. The average molecular weight is 895 g/mol. The van der Waals surface area contributed by atoms with Gasteiger partial charge in [-0.15, -0.1) is 0 Å². The standard InChI is InChI=1S/2C20H23F2N7OS/c2*1-29-18(26-11-5-2-4-10(23)8-11)14(9-25-29)27-19(30)16-17(24)31-20(28-16)15-12(21)6-3-7-13(15)22/h2*3,6-7,9-11,26H,2,4-5,8,23-24H2,1H3,(H,27,30)/t2*10-,11-/m10/s1. The normalized spacial score (nSPS) is 18.7. The molecule has 62 heavy (non-hydrogen) atoms. The number of nitrogens with one attached hydrogen (secondary N) is 4. The third-order valence-electron chi connectivity index (χ3n) is 10.6. The zero-order chi connectivity index (χ0) is 44.2. The Morgan fingerprint density at radius 3 is 1.37 bits per heavy atom. The second-order valence-electron chi connectivity index (χ2n) is 15.2. The first-order chi connectivity index (χ1) is 29.7. The fourth-order valence-corrected chi connectivity index (χ4v) is 9.23. The van der Waals surface area contributed by atoms with Gasteiger partial charge in [-0.25, -0.2) is 27.5 Å². The van der Waals surface area contributed by atoms with Gasteiger partial charge in [0.25, 0.3) is 11.8 Å². The summed E-state index contributed by atoms with van der Waals surface area (Å²) in [5.41, 5.74) is 24.1. The number of nitrogens with zero attached hydrogens (tertiary/aromatic N) is 6. The molecule has 6 aromatic rings. The van der Waals surface area contributed by atoms with Crippen molar-refractivity contribution in [2.45, 2.75) is 75.5 Å². The highest BCUT2D eigenvalue weighted by Gasteiger charge is 2.27. The van der Waals surface area contributed by atoms with E-state index in [0.29, 0.717) is 23.0 Å². The lowest BCUT2D eigenvalue weighted by Gasteiger charge is -2.28. The van der Waals surface area contributed by atoms with E-state index in [2.05, 4.69) is 41.4 Å². The van der Waals surface area contributed by atoms with Crippen LogP contribution in [0, 0.1) is 23.3 Å². The van der Waals surface area contributed by atoms with Crippen LogP contribution in [0.2, 0.25) is 0 Å². The largest absolute Gasteiger partial charge is 0.389 e. The lowest BCUT2D eigenvalue weighted by atomic mass is 9.91. The highest BCUT2D eigenvalue weighted by molar-refractivity contribution is 7.19. The Morgan fingerprint density at radius 2 is 1.02 bits per heavy atom. The monoisotopic (exact) mass is 894 g/mol. The van der Waals surface area contributed by atoms with Gasteiger partial charge in [0, 0.05) is 38.3 Å². The summed E-state index contributed by atoms with van der Waals surface area (Å²) in [6, 6.07) is 7.66. The van der Waals surface area contributed by atoms with Crippen molar-refractivity contribution in [1.82, 2.24) is 29.5 Å². The molecular formula is C40H46F4N14O2S2. The number of carbonyl (C=O) groups is 2. The van der Waals surface area contributed by atoms with Crippen LogP contribution in [0.15, 0.2) is 48.8 Å². The fraction of sp³-hybridized carbons (Fsp3) is 0.350. The Balaban J connectivity index is 0.000000186. The molecule has 2 fully saturated rings. The van der Waals surface area contributed by atoms with Gasteiger partial charge in [-0.3, -0.25) is 19.0 Å². The number of carbonyl (C=O) groups excluding carboxylic acids is 2. The van der Waals surface area contributed by atoms with Crippen molar-refractivity contribution in [2.75, 3.05) is 32.7 Å². The first-order valence-electron chi connectivity index (χ1n) is 19.8. The van der Waals surface area contributed by atoms with Crippen molar-refractivity contribution in [3.05, 3.63) is 83.4 Å². The second kappa shape index (κ2) is 18.9. The number of aromatic nitrogens is 6. The minimum absolute atomic E-state index is 0.000946. The van der Waals surface area contributed by atoms with Gasteiger partial charge in [-0.05, 0) is 75.6 Å². The maximum Gasteiger partial charge on any atom is 0.277 e. The average Bonchev–Trinajstić information content (AvgIpc) is 3.98. The lowest BCUT2D eigenvalue weighted by molar-refractivity contribution is 0.101. The second-order valence-corrected chi connectivity index (χ2v) is 17.2. The molecule has 0 aliphatic heterocycles. The number of rotatable bonds is 10. The Bertz CT molecular complexity index is 2360. The van der Waals surface area contributed by atoms with E-state index in [4.69, 9.17) is 22.9 Å². The molecular weight excluding hydrogens is 849 g/mol. The molecule has 22 heteroatoms. The fourth-order valence-electron chi connectivity index (χ4n) is 7.47. The summed E-state index contributed by atoms with van der Waals surface area (Å²) in [6.07, 6.45) is 10.7. The van der Waals surface area contributed by atoms with E-state index in [1.165, 1.54) is 24.5 Å². The van der Waals surface area contributed by atoms with Crippen LogP contribution in [0.5, 0.6) is 0 Å². The number of nitrogens with two attached hydrogens (primary N) is 4. The molecule has 0 bridgehead atoms. The van der Waals surface area contributed by atoms with Crippen LogP contribution >= 0.6 is 22.7 Å². The van der Waals surface area contributed by atoms with Gasteiger partial charge in [-0.1, -0.05) is 34.8 Å². The minimum Gasteiger partial charge on any atom is -0.389 e. The van der Waals surface area contributed by atoms with Crippen LogP contribution in [-0.2, 0) is 14.1 Å². The van der Waals surface area contributed by atoms with Crippen molar-refractivity contribution in [1.29, 1.82) is 0 Å². The van der Waals surface area contributed by atoms with Crippen molar-refractivity contribution < 1.29 is 27.2 Å². The van der Waals surface area contributed by atoms with Gasteiger partial charge in [0.1, 0.15) is 66.3 Å². The molecule has 0 unspecified atom stereocenters. The summed E-state index contributed by atoms with van der Waals surface area (Å²) in [5, 5.41) is 20.8. The van der Waals surface area contributed by atoms with Crippen molar-refractivity contribution in [3.8, 4) is 21.1 Å². The van der Waals surface area contributed by atoms with Gasteiger partial charge in [-0.2, -0.15) is 10.2 Å². The van der Waals surface area contributed by atoms with E-state index in [1.54, 1.807) is 23.5 Å². The van der Waals surface area contributed by atoms with Gasteiger partial charge in [0.2, 0.25) is 0 Å². The van der Waals surface area contributed by atoms with E-state index in [0.717, 1.165) is 98.3 Å². The van der Waals surface area contributed by atoms with Crippen molar-refractivity contribution >= 4 is 67.5 Å². The number of thiazole rings is 2. The number of aryl methyl sites for hydroxylation is 2. The summed E-state index contributed by atoms with van der Waals surface area (Å²) in [5.74, 6) is -2.99. The number of hydrogen-bond donors (Lipinski definition) is 8. The molecule has 2 aliphatic rings. The first kappa shape index (κ1) is 44.0. The smallest absolute Gasteiger partial charge is 0.277 e. The molecule has 2 aromatic carbocycles. The topological polar surface area (TPSA) is 248 Å². The first-order valence-corrected chi connectivity index (χ1v) is 21.4. The minimum atomic E-state index is -0.773. The number of anilines is 6. The summed E-state index contributed by atoms with van der Waals surface area (Å²) in [6.45, 7) is 0.